The van der Waals surface area contributed by atoms with E-state index >= 15 is 0 Å². The van der Waals surface area contributed by atoms with Gasteiger partial charge in [-0.3, -0.25) is 10.1 Å². The van der Waals surface area contributed by atoms with Gasteiger partial charge in [-0.2, -0.15) is 0 Å². The van der Waals surface area contributed by atoms with Gasteiger partial charge in [-0.15, -0.1) is 12.4 Å². The zero-order chi connectivity index (χ0) is 12.1. The van der Waals surface area contributed by atoms with E-state index in [9.17, 15) is 10.1 Å². The number of aromatic nitrogens is 1. The Morgan fingerprint density at radius 2 is 2.39 bits per heavy atom. The van der Waals surface area contributed by atoms with Crippen LogP contribution in [0.15, 0.2) is 18.3 Å². The molecule has 2 heterocycles. The molecule has 0 spiro atoms. The Morgan fingerprint density at radius 1 is 1.56 bits per heavy atom. The van der Waals surface area contributed by atoms with Gasteiger partial charge in [0.1, 0.15) is 6.61 Å². The van der Waals surface area contributed by atoms with Crippen molar-refractivity contribution < 1.29 is 9.66 Å². The maximum Gasteiger partial charge on any atom is 0.330 e. The van der Waals surface area contributed by atoms with Gasteiger partial charge < -0.3 is 10.1 Å². The maximum absolute atomic E-state index is 10.7. The Hall–Kier alpha value is -1.40. The molecule has 1 N–H and O–H groups in total. The van der Waals surface area contributed by atoms with E-state index in [0.29, 0.717) is 6.61 Å². The lowest BCUT2D eigenvalue weighted by Crippen LogP contribution is -2.38. The van der Waals surface area contributed by atoms with Gasteiger partial charge in [0, 0.05) is 18.3 Å². The van der Waals surface area contributed by atoms with E-state index in [1.807, 2.05) is 0 Å². The van der Waals surface area contributed by atoms with Crippen molar-refractivity contribution in [3.63, 3.8) is 0 Å². The van der Waals surface area contributed by atoms with Crippen LogP contribution in [0.5, 0.6) is 5.88 Å². The summed E-state index contributed by atoms with van der Waals surface area (Å²) in [6.45, 7) is 1.41. The summed E-state index contributed by atoms with van der Waals surface area (Å²) in [4.78, 5) is 14.2. The highest BCUT2D eigenvalue weighted by Crippen LogP contribution is 2.23. The van der Waals surface area contributed by atoms with Crippen molar-refractivity contribution >= 4 is 18.1 Å². The third-order valence-corrected chi connectivity index (χ3v) is 2.78. The fraction of sp³-hybridized carbons (Fsp3) is 0.545. The SMILES string of the molecule is Cl.O=[N+]([O-])c1cccnc1OCC1CCCCN1. The monoisotopic (exact) mass is 273 g/mol. The van der Waals surface area contributed by atoms with Crippen LogP contribution in [0.1, 0.15) is 19.3 Å². The molecule has 0 saturated carbocycles. The summed E-state index contributed by atoms with van der Waals surface area (Å²) in [7, 11) is 0. The highest BCUT2D eigenvalue weighted by molar-refractivity contribution is 5.85. The molecule has 1 saturated heterocycles. The molecule has 1 aromatic heterocycles. The molecule has 1 aromatic rings. The summed E-state index contributed by atoms with van der Waals surface area (Å²) in [6, 6.07) is 3.20. The van der Waals surface area contributed by atoms with E-state index in [1.54, 1.807) is 0 Å². The Morgan fingerprint density at radius 3 is 3.06 bits per heavy atom. The van der Waals surface area contributed by atoms with Crippen LogP contribution in [0.3, 0.4) is 0 Å². The minimum atomic E-state index is -0.476. The first-order valence-corrected chi connectivity index (χ1v) is 5.73. The Kier molecular flexibility index (Phi) is 5.80. The number of nitrogens with one attached hydrogen (secondary N) is 1. The minimum absolute atomic E-state index is 0. The predicted molar refractivity (Wildman–Crippen MR) is 69.3 cm³/mol. The van der Waals surface area contributed by atoms with Gasteiger partial charge in [0.25, 0.3) is 5.88 Å². The van der Waals surface area contributed by atoms with Gasteiger partial charge in [0.2, 0.25) is 0 Å². The third-order valence-electron chi connectivity index (χ3n) is 2.78. The molecule has 1 aliphatic heterocycles. The van der Waals surface area contributed by atoms with Crippen molar-refractivity contribution in [2.45, 2.75) is 25.3 Å². The summed E-state index contributed by atoms with van der Waals surface area (Å²) in [5.41, 5.74) is -0.0803. The van der Waals surface area contributed by atoms with Gasteiger partial charge in [0.15, 0.2) is 0 Å². The van der Waals surface area contributed by atoms with E-state index in [1.165, 1.54) is 31.2 Å². The van der Waals surface area contributed by atoms with Crippen LogP contribution in [-0.4, -0.2) is 29.1 Å². The zero-order valence-electron chi connectivity index (χ0n) is 9.87. The van der Waals surface area contributed by atoms with Gasteiger partial charge in [-0.1, -0.05) is 6.42 Å². The standard InChI is InChI=1S/C11H15N3O3.ClH/c15-14(16)10-5-3-7-13-11(10)17-8-9-4-1-2-6-12-9;/h3,5,7,9,12H,1-2,4,6,8H2;1H. The molecule has 0 aliphatic carbocycles. The fourth-order valence-corrected chi connectivity index (χ4v) is 1.88. The molecule has 0 aromatic carbocycles. The molecule has 0 radical (unpaired) electrons. The van der Waals surface area contributed by atoms with Crippen LogP contribution in [0.4, 0.5) is 5.69 Å². The molecular weight excluding hydrogens is 258 g/mol. The smallest absolute Gasteiger partial charge is 0.330 e. The number of pyridine rings is 1. The lowest BCUT2D eigenvalue weighted by atomic mass is 10.1. The van der Waals surface area contributed by atoms with Gasteiger partial charge in [0.05, 0.1) is 4.92 Å². The summed E-state index contributed by atoms with van der Waals surface area (Å²) in [5.74, 6) is 0.102. The van der Waals surface area contributed by atoms with Crippen LogP contribution >= 0.6 is 12.4 Å². The second-order valence-corrected chi connectivity index (χ2v) is 4.04. The van der Waals surface area contributed by atoms with Crippen molar-refractivity contribution in [1.82, 2.24) is 10.3 Å². The first kappa shape index (κ1) is 14.7. The number of nitro groups is 1. The second kappa shape index (κ2) is 7.13. The number of ether oxygens (including phenoxy) is 1. The average molecular weight is 274 g/mol. The molecule has 18 heavy (non-hydrogen) atoms. The maximum atomic E-state index is 10.7. The number of hydrogen-bond donors (Lipinski definition) is 1. The first-order chi connectivity index (χ1) is 8.27. The zero-order valence-corrected chi connectivity index (χ0v) is 10.7. The third kappa shape index (κ3) is 3.82. The van der Waals surface area contributed by atoms with Crippen LogP contribution in [0.25, 0.3) is 0 Å². The van der Waals surface area contributed by atoms with Gasteiger partial charge in [-0.25, -0.2) is 4.98 Å². The van der Waals surface area contributed by atoms with Crippen molar-refractivity contribution in [1.29, 1.82) is 0 Å². The van der Waals surface area contributed by atoms with Crippen LogP contribution in [-0.2, 0) is 0 Å². The quantitative estimate of drug-likeness (QED) is 0.670. The Balaban J connectivity index is 0.00000162. The van der Waals surface area contributed by atoms with Crippen molar-refractivity contribution in [2.24, 2.45) is 0 Å². The van der Waals surface area contributed by atoms with Gasteiger partial charge in [-0.05, 0) is 25.5 Å². The summed E-state index contributed by atoms with van der Waals surface area (Å²) in [5, 5.41) is 14.1. The number of hydrogen-bond acceptors (Lipinski definition) is 5. The second-order valence-electron chi connectivity index (χ2n) is 4.04. The molecule has 0 bridgehead atoms. The normalized spacial score (nSPS) is 18.8. The number of nitrogens with zero attached hydrogens (tertiary/aromatic N) is 2. The fourth-order valence-electron chi connectivity index (χ4n) is 1.88. The molecule has 7 heteroatoms. The average Bonchev–Trinajstić information content (AvgIpc) is 2.38. The molecule has 0 amide bonds. The minimum Gasteiger partial charge on any atom is -0.471 e. The van der Waals surface area contributed by atoms with Crippen molar-refractivity contribution in [2.75, 3.05) is 13.2 Å². The molecule has 1 atom stereocenters. The molecule has 100 valence electrons. The summed E-state index contributed by atoms with van der Waals surface area (Å²) in [6.07, 6.45) is 4.89. The van der Waals surface area contributed by atoms with E-state index in [2.05, 4.69) is 10.3 Å². The van der Waals surface area contributed by atoms with Crippen LogP contribution in [0.2, 0.25) is 0 Å². The molecule has 1 aliphatic rings. The number of halogens is 1. The molecule has 1 fully saturated rings. The summed E-state index contributed by atoms with van der Waals surface area (Å²) >= 11 is 0. The number of piperidine rings is 1. The molecule has 1 unspecified atom stereocenters. The van der Waals surface area contributed by atoms with Crippen molar-refractivity contribution in [3.8, 4) is 5.88 Å². The van der Waals surface area contributed by atoms with Gasteiger partial charge >= 0.3 is 5.69 Å². The van der Waals surface area contributed by atoms with Crippen LogP contribution < -0.4 is 10.1 Å². The van der Waals surface area contributed by atoms with E-state index < -0.39 is 4.92 Å². The largest absolute Gasteiger partial charge is 0.471 e. The van der Waals surface area contributed by atoms with E-state index in [0.717, 1.165) is 13.0 Å². The number of rotatable bonds is 4. The summed E-state index contributed by atoms with van der Waals surface area (Å²) < 4.78 is 5.42. The lowest BCUT2D eigenvalue weighted by Gasteiger charge is -2.22. The lowest BCUT2D eigenvalue weighted by molar-refractivity contribution is -0.386. The Bertz CT molecular complexity index is 397. The highest BCUT2D eigenvalue weighted by atomic mass is 35.5. The molecular formula is C11H16ClN3O3. The topological polar surface area (TPSA) is 77.3 Å². The van der Waals surface area contributed by atoms with Crippen molar-refractivity contribution in [3.05, 3.63) is 28.4 Å². The van der Waals surface area contributed by atoms with E-state index in [-0.39, 0.29) is 30.0 Å². The van der Waals surface area contributed by atoms with E-state index in [4.69, 9.17) is 4.74 Å². The predicted octanol–water partition coefficient (Wildman–Crippen LogP) is 1.93. The van der Waals surface area contributed by atoms with Crippen LogP contribution in [0, 0.1) is 10.1 Å². The molecule has 6 nitrogen and oxygen atoms in total. The Labute approximate surface area is 111 Å². The molecule has 2 rings (SSSR count). The first-order valence-electron chi connectivity index (χ1n) is 5.73. The highest BCUT2D eigenvalue weighted by Gasteiger charge is 2.18.